The molecule has 0 fully saturated rings. The van der Waals surface area contributed by atoms with Crippen molar-refractivity contribution in [2.24, 2.45) is 0 Å². The van der Waals surface area contributed by atoms with Crippen LogP contribution < -0.4 is 0 Å². The van der Waals surface area contributed by atoms with E-state index >= 15 is 0 Å². The molecule has 21 heavy (non-hydrogen) atoms. The Morgan fingerprint density at radius 2 is 2.00 bits per heavy atom. The number of benzene rings is 1. The van der Waals surface area contributed by atoms with E-state index in [-0.39, 0.29) is 0 Å². The first-order chi connectivity index (χ1) is 10.2. The standard InChI is InChI=1S/C16H16N4S/c1-12-3-4-13(2)14(9-12)10-21-16-6-5-15(18-19-16)20-8-7-17-11-20/h3-9,11H,10H2,1-2H3. The van der Waals surface area contributed by atoms with Gasteiger partial charge in [0.1, 0.15) is 11.4 Å². The summed E-state index contributed by atoms with van der Waals surface area (Å²) >= 11 is 1.70. The second-order valence-electron chi connectivity index (χ2n) is 4.92. The number of aryl methyl sites for hydroxylation is 2. The van der Waals surface area contributed by atoms with Gasteiger partial charge in [0.15, 0.2) is 5.82 Å². The highest BCUT2D eigenvalue weighted by molar-refractivity contribution is 7.98. The van der Waals surface area contributed by atoms with Crippen LogP contribution in [-0.4, -0.2) is 19.7 Å². The molecule has 0 aliphatic carbocycles. The third-order valence-corrected chi connectivity index (χ3v) is 4.24. The van der Waals surface area contributed by atoms with Crippen LogP contribution in [0, 0.1) is 13.8 Å². The lowest BCUT2D eigenvalue weighted by Gasteiger charge is -2.07. The molecule has 0 atom stereocenters. The summed E-state index contributed by atoms with van der Waals surface area (Å²) in [4.78, 5) is 4.00. The Morgan fingerprint density at radius 3 is 2.71 bits per heavy atom. The normalized spacial score (nSPS) is 10.8. The van der Waals surface area contributed by atoms with Gasteiger partial charge in [-0.25, -0.2) is 4.98 Å². The highest BCUT2D eigenvalue weighted by Crippen LogP contribution is 2.23. The predicted molar refractivity (Wildman–Crippen MR) is 84.6 cm³/mol. The molecule has 0 spiro atoms. The van der Waals surface area contributed by atoms with E-state index in [0.29, 0.717) is 0 Å². The van der Waals surface area contributed by atoms with Crippen molar-refractivity contribution in [1.29, 1.82) is 0 Å². The Labute approximate surface area is 128 Å². The van der Waals surface area contributed by atoms with E-state index in [1.807, 2.05) is 22.9 Å². The van der Waals surface area contributed by atoms with Crippen molar-refractivity contribution in [1.82, 2.24) is 19.7 Å². The van der Waals surface area contributed by atoms with Gasteiger partial charge in [-0.05, 0) is 37.1 Å². The molecule has 1 aromatic carbocycles. The maximum atomic E-state index is 4.27. The van der Waals surface area contributed by atoms with Crippen LogP contribution >= 0.6 is 11.8 Å². The summed E-state index contributed by atoms with van der Waals surface area (Å²) in [5.74, 6) is 1.69. The third kappa shape index (κ3) is 3.31. The molecule has 5 heteroatoms. The van der Waals surface area contributed by atoms with Crippen LogP contribution in [-0.2, 0) is 5.75 Å². The zero-order chi connectivity index (χ0) is 14.7. The fourth-order valence-corrected chi connectivity index (χ4v) is 2.91. The summed E-state index contributed by atoms with van der Waals surface area (Å²) in [5.41, 5.74) is 3.95. The van der Waals surface area contributed by atoms with Gasteiger partial charge >= 0.3 is 0 Å². The number of nitrogens with zero attached hydrogens (tertiary/aromatic N) is 4. The van der Waals surface area contributed by atoms with E-state index < -0.39 is 0 Å². The molecule has 0 amide bonds. The second kappa shape index (κ2) is 6.10. The van der Waals surface area contributed by atoms with Gasteiger partial charge in [-0.15, -0.1) is 10.2 Å². The molecule has 2 aromatic heterocycles. The van der Waals surface area contributed by atoms with Gasteiger partial charge in [-0.2, -0.15) is 0 Å². The zero-order valence-corrected chi connectivity index (χ0v) is 12.8. The van der Waals surface area contributed by atoms with E-state index in [0.717, 1.165) is 16.6 Å². The largest absolute Gasteiger partial charge is 0.289 e. The first kappa shape index (κ1) is 13.8. The van der Waals surface area contributed by atoms with Gasteiger partial charge in [0.25, 0.3) is 0 Å². The molecular formula is C16H16N4S. The van der Waals surface area contributed by atoms with Gasteiger partial charge in [-0.1, -0.05) is 35.5 Å². The minimum Gasteiger partial charge on any atom is -0.289 e. The molecule has 106 valence electrons. The Kier molecular flexibility index (Phi) is 4.01. The van der Waals surface area contributed by atoms with E-state index in [4.69, 9.17) is 0 Å². The summed E-state index contributed by atoms with van der Waals surface area (Å²) in [5, 5.41) is 9.42. The van der Waals surface area contributed by atoms with Crippen molar-refractivity contribution in [3.8, 4) is 5.82 Å². The Morgan fingerprint density at radius 1 is 1.10 bits per heavy atom. The second-order valence-corrected chi connectivity index (χ2v) is 5.91. The van der Waals surface area contributed by atoms with Crippen molar-refractivity contribution in [2.45, 2.75) is 24.6 Å². The lowest BCUT2D eigenvalue weighted by atomic mass is 10.1. The summed E-state index contributed by atoms with van der Waals surface area (Å²) in [7, 11) is 0. The topological polar surface area (TPSA) is 43.6 Å². The fourth-order valence-electron chi connectivity index (χ4n) is 2.03. The van der Waals surface area contributed by atoms with Gasteiger partial charge in [0, 0.05) is 18.1 Å². The highest BCUT2D eigenvalue weighted by atomic mass is 32.2. The van der Waals surface area contributed by atoms with Gasteiger partial charge < -0.3 is 0 Å². The molecule has 2 heterocycles. The van der Waals surface area contributed by atoms with Crippen LogP contribution in [0.5, 0.6) is 0 Å². The highest BCUT2D eigenvalue weighted by Gasteiger charge is 2.03. The zero-order valence-electron chi connectivity index (χ0n) is 12.0. The third-order valence-electron chi connectivity index (χ3n) is 3.28. The quantitative estimate of drug-likeness (QED) is 0.690. The first-order valence-corrected chi connectivity index (χ1v) is 7.72. The van der Waals surface area contributed by atoms with Gasteiger partial charge in [0.05, 0.1) is 0 Å². The number of imidazole rings is 1. The SMILES string of the molecule is Cc1ccc(C)c(CSc2ccc(-n3ccnc3)nn2)c1. The number of aromatic nitrogens is 4. The average Bonchev–Trinajstić information content (AvgIpc) is 3.03. The van der Waals surface area contributed by atoms with Crippen molar-refractivity contribution in [3.63, 3.8) is 0 Å². The van der Waals surface area contributed by atoms with E-state index in [9.17, 15) is 0 Å². The van der Waals surface area contributed by atoms with Crippen molar-refractivity contribution < 1.29 is 0 Å². The molecule has 0 unspecified atom stereocenters. The Bertz CT molecular complexity index is 721. The van der Waals surface area contributed by atoms with Gasteiger partial charge in [-0.3, -0.25) is 4.57 Å². The number of hydrogen-bond donors (Lipinski definition) is 0. The van der Waals surface area contributed by atoms with Crippen LogP contribution in [0.4, 0.5) is 0 Å². The molecule has 0 radical (unpaired) electrons. The van der Waals surface area contributed by atoms with Crippen molar-refractivity contribution in [3.05, 3.63) is 65.7 Å². The maximum Gasteiger partial charge on any atom is 0.160 e. The molecule has 0 bridgehead atoms. The average molecular weight is 296 g/mol. The number of rotatable bonds is 4. The summed E-state index contributed by atoms with van der Waals surface area (Å²) in [6.45, 7) is 4.26. The van der Waals surface area contributed by atoms with Gasteiger partial charge in [0.2, 0.25) is 0 Å². The number of hydrogen-bond acceptors (Lipinski definition) is 4. The van der Waals surface area contributed by atoms with E-state index in [2.05, 4.69) is 47.2 Å². The number of thioether (sulfide) groups is 1. The van der Waals surface area contributed by atoms with Crippen LogP contribution in [0.2, 0.25) is 0 Å². The van der Waals surface area contributed by atoms with Crippen LogP contribution in [0.3, 0.4) is 0 Å². The molecule has 4 nitrogen and oxygen atoms in total. The minimum atomic E-state index is 0.781. The molecule has 0 aliphatic heterocycles. The molecule has 0 saturated heterocycles. The first-order valence-electron chi connectivity index (χ1n) is 6.73. The minimum absolute atomic E-state index is 0.781. The molecular weight excluding hydrogens is 280 g/mol. The Balaban J connectivity index is 1.70. The van der Waals surface area contributed by atoms with E-state index in [1.54, 1.807) is 24.3 Å². The van der Waals surface area contributed by atoms with Crippen molar-refractivity contribution >= 4 is 11.8 Å². The maximum absolute atomic E-state index is 4.27. The lowest BCUT2D eigenvalue weighted by molar-refractivity contribution is 0.860. The molecule has 0 saturated carbocycles. The summed E-state index contributed by atoms with van der Waals surface area (Å²) in [6, 6.07) is 10.5. The lowest BCUT2D eigenvalue weighted by Crippen LogP contribution is -1.97. The summed E-state index contributed by atoms with van der Waals surface area (Å²) < 4.78 is 1.84. The fraction of sp³-hybridized carbons (Fsp3) is 0.188. The van der Waals surface area contributed by atoms with Crippen LogP contribution in [0.25, 0.3) is 5.82 Å². The van der Waals surface area contributed by atoms with Crippen molar-refractivity contribution in [2.75, 3.05) is 0 Å². The summed E-state index contributed by atoms with van der Waals surface area (Å²) in [6.07, 6.45) is 5.30. The smallest absolute Gasteiger partial charge is 0.160 e. The monoisotopic (exact) mass is 296 g/mol. The predicted octanol–water partition coefficient (Wildman–Crippen LogP) is 3.57. The molecule has 0 N–H and O–H groups in total. The van der Waals surface area contributed by atoms with E-state index in [1.165, 1.54) is 16.7 Å². The molecule has 0 aliphatic rings. The molecule has 3 aromatic rings. The van der Waals surface area contributed by atoms with Crippen LogP contribution in [0.1, 0.15) is 16.7 Å². The molecule has 3 rings (SSSR count). The van der Waals surface area contributed by atoms with Crippen LogP contribution in [0.15, 0.2) is 54.1 Å². The Hall–Kier alpha value is -2.14.